The van der Waals surface area contributed by atoms with Crippen molar-refractivity contribution in [3.8, 4) is 5.75 Å². The molecule has 2 aromatic carbocycles. The van der Waals surface area contributed by atoms with E-state index in [9.17, 15) is 0 Å². The number of hydrogen-bond acceptors (Lipinski definition) is 2. The molecule has 3 heteroatoms. The van der Waals surface area contributed by atoms with Gasteiger partial charge in [-0.15, -0.1) is 0 Å². The van der Waals surface area contributed by atoms with Crippen molar-refractivity contribution in [2.45, 2.75) is 25.5 Å². The number of fused-ring (bicyclic) bond motifs is 1. The van der Waals surface area contributed by atoms with Crippen molar-refractivity contribution in [2.24, 2.45) is 0 Å². The molecule has 0 bridgehead atoms. The summed E-state index contributed by atoms with van der Waals surface area (Å²) < 4.78 is 6.15. The van der Waals surface area contributed by atoms with Gasteiger partial charge in [0, 0.05) is 23.0 Å². The molecular formula is C17H18ClNO. The van der Waals surface area contributed by atoms with Crippen LogP contribution < -0.4 is 10.1 Å². The van der Waals surface area contributed by atoms with E-state index >= 15 is 0 Å². The summed E-state index contributed by atoms with van der Waals surface area (Å²) in [5, 5.41) is 4.11. The van der Waals surface area contributed by atoms with E-state index in [2.05, 4.69) is 36.5 Å². The highest BCUT2D eigenvalue weighted by molar-refractivity contribution is 6.30. The van der Waals surface area contributed by atoms with Crippen LogP contribution in [-0.2, 0) is 0 Å². The Balaban J connectivity index is 1.94. The Hall–Kier alpha value is -1.51. The molecule has 2 unspecified atom stereocenters. The molecule has 1 N–H and O–H groups in total. The van der Waals surface area contributed by atoms with Crippen molar-refractivity contribution < 1.29 is 4.74 Å². The monoisotopic (exact) mass is 287 g/mol. The molecule has 2 atom stereocenters. The number of rotatable bonds is 2. The highest BCUT2D eigenvalue weighted by Gasteiger charge is 2.28. The smallest absolute Gasteiger partial charge is 0.126 e. The molecule has 0 fully saturated rings. The quantitative estimate of drug-likeness (QED) is 0.882. The summed E-state index contributed by atoms with van der Waals surface area (Å²) in [7, 11) is 1.98. The fraction of sp³-hybridized carbons (Fsp3) is 0.294. The molecule has 1 heterocycles. The van der Waals surface area contributed by atoms with Crippen molar-refractivity contribution in [3.63, 3.8) is 0 Å². The zero-order chi connectivity index (χ0) is 14.1. The van der Waals surface area contributed by atoms with Crippen LogP contribution in [-0.4, -0.2) is 7.05 Å². The first-order valence-electron chi connectivity index (χ1n) is 6.87. The van der Waals surface area contributed by atoms with Crippen LogP contribution in [0.4, 0.5) is 0 Å². The van der Waals surface area contributed by atoms with Crippen LogP contribution in [0.2, 0.25) is 5.02 Å². The lowest BCUT2D eigenvalue weighted by molar-refractivity contribution is 0.154. The Kier molecular flexibility index (Phi) is 3.68. The Morgan fingerprint density at radius 3 is 2.60 bits per heavy atom. The molecule has 0 radical (unpaired) electrons. The third-order valence-corrected chi connectivity index (χ3v) is 4.10. The van der Waals surface area contributed by atoms with Gasteiger partial charge >= 0.3 is 0 Å². The second kappa shape index (κ2) is 5.47. The summed E-state index contributed by atoms with van der Waals surface area (Å²) in [6.07, 6.45) is 0.995. The van der Waals surface area contributed by atoms with Crippen LogP contribution in [0.15, 0.2) is 42.5 Å². The predicted octanol–water partition coefficient (Wildman–Crippen LogP) is 4.43. The number of ether oxygens (including phenoxy) is 1. The maximum Gasteiger partial charge on any atom is 0.126 e. The van der Waals surface area contributed by atoms with Crippen LogP contribution in [0.25, 0.3) is 0 Å². The van der Waals surface area contributed by atoms with Gasteiger partial charge in [0.2, 0.25) is 0 Å². The third-order valence-electron chi connectivity index (χ3n) is 3.86. The van der Waals surface area contributed by atoms with Crippen LogP contribution in [0.5, 0.6) is 5.75 Å². The molecular weight excluding hydrogens is 270 g/mol. The van der Waals surface area contributed by atoms with Gasteiger partial charge in [-0.2, -0.15) is 0 Å². The van der Waals surface area contributed by atoms with Crippen LogP contribution in [0.3, 0.4) is 0 Å². The standard InChI is InChI=1S/C17H18ClNO/c1-11-3-5-12(6-4-11)17-10-15(19-2)14-9-13(18)7-8-16(14)20-17/h3-9,15,17,19H,10H2,1-2H3. The van der Waals surface area contributed by atoms with Crippen molar-refractivity contribution in [3.05, 3.63) is 64.2 Å². The van der Waals surface area contributed by atoms with Gasteiger partial charge in [-0.1, -0.05) is 41.4 Å². The van der Waals surface area contributed by atoms with Crippen molar-refractivity contribution >= 4 is 11.6 Å². The van der Waals surface area contributed by atoms with E-state index < -0.39 is 0 Å². The molecule has 0 amide bonds. The zero-order valence-corrected chi connectivity index (χ0v) is 12.4. The second-order valence-corrected chi connectivity index (χ2v) is 5.71. The van der Waals surface area contributed by atoms with Gasteiger partial charge in [0.25, 0.3) is 0 Å². The predicted molar refractivity (Wildman–Crippen MR) is 82.4 cm³/mol. The van der Waals surface area contributed by atoms with Crippen LogP contribution in [0, 0.1) is 6.92 Å². The number of hydrogen-bond donors (Lipinski definition) is 1. The molecule has 0 spiro atoms. The average molecular weight is 288 g/mol. The van der Waals surface area contributed by atoms with E-state index in [0.717, 1.165) is 22.8 Å². The molecule has 0 saturated heterocycles. The van der Waals surface area contributed by atoms with E-state index in [1.807, 2.05) is 25.2 Å². The van der Waals surface area contributed by atoms with Crippen molar-refractivity contribution in [1.29, 1.82) is 0 Å². The van der Waals surface area contributed by atoms with E-state index in [0.29, 0.717) is 0 Å². The van der Waals surface area contributed by atoms with Gasteiger partial charge in [0.1, 0.15) is 11.9 Å². The maximum absolute atomic E-state index is 6.15. The van der Waals surface area contributed by atoms with Gasteiger partial charge < -0.3 is 10.1 Å². The zero-order valence-electron chi connectivity index (χ0n) is 11.7. The summed E-state index contributed by atoms with van der Waals surface area (Å²) in [6.45, 7) is 2.10. The number of nitrogens with one attached hydrogen (secondary N) is 1. The first-order chi connectivity index (χ1) is 9.67. The van der Waals surface area contributed by atoms with E-state index in [-0.39, 0.29) is 12.1 Å². The Labute approximate surface area is 124 Å². The fourth-order valence-corrected chi connectivity index (χ4v) is 2.88. The Bertz CT molecular complexity index is 609. The molecule has 104 valence electrons. The summed E-state index contributed by atoms with van der Waals surface area (Å²) in [4.78, 5) is 0. The van der Waals surface area contributed by atoms with E-state index in [4.69, 9.17) is 16.3 Å². The third kappa shape index (κ3) is 2.54. The molecule has 2 aromatic rings. The lowest BCUT2D eigenvalue weighted by Crippen LogP contribution is -2.26. The fourth-order valence-electron chi connectivity index (χ4n) is 2.70. The first-order valence-corrected chi connectivity index (χ1v) is 7.25. The van der Waals surface area contributed by atoms with E-state index in [1.165, 1.54) is 11.1 Å². The van der Waals surface area contributed by atoms with Gasteiger partial charge in [-0.3, -0.25) is 0 Å². The van der Waals surface area contributed by atoms with Gasteiger partial charge in [-0.05, 0) is 37.7 Å². The van der Waals surface area contributed by atoms with E-state index in [1.54, 1.807) is 0 Å². The lowest BCUT2D eigenvalue weighted by Gasteiger charge is -2.32. The first kappa shape index (κ1) is 13.5. The molecule has 3 rings (SSSR count). The largest absolute Gasteiger partial charge is 0.485 e. The van der Waals surface area contributed by atoms with Crippen LogP contribution in [0.1, 0.15) is 35.3 Å². The van der Waals surface area contributed by atoms with Gasteiger partial charge in [0.15, 0.2) is 0 Å². The van der Waals surface area contributed by atoms with Gasteiger partial charge in [-0.25, -0.2) is 0 Å². The summed E-state index contributed by atoms with van der Waals surface area (Å²) in [5.74, 6) is 0.922. The Morgan fingerprint density at radius 1 is 1.15 bits per heavy atom. The average Bonchev–Trinajstić information content (AvgIpc) is 2.47. The molecule has 2 nitrogen and oxygen atoms in total. The van der Waals surface area contributed by atoms with Crippen molar-refractivity contribution in [1.82, 2.24) is 5.32 Å². The molecule has 20 heavy (non-hydrogen) atoms. The summed E-state index contributed by atoms with van der Waals surface area (Å²) in [6, 6.07) is 14.6. The molecule has 1 aliphatic heterocycles. The number of aryl methyl sites for hydroxylation is 1. The minimum atomic E-state index is 0.0849. The summed E-state index contributed by atoms with van der Waals surface area (Å²) >= 11 is 6.09. The highest BCUT2D eigenvalue weighted by atomic mass is 35.5. The normalized spacial score (nSPS) is 21.1. The summed E-state index contributed by atoms with van der Waals surface area (Å²) in [5.41, 5.74) is 3.63. The SMILES string of the molecule is CNC1CC(c2ccc(C)cc2)Oc2ccc(Cl)cc21. The molecule has 0 aliphatic carbocycles. The second-order valence-electron chi connectivity index (χ2n) is 5.28. The topological polar surface area (TPSA) is 21.3 Å². The molecule has 0 aromatic heterocycles. The Morgan fingerprint density at radius 2 is 1.90 bits per heavy atom. The maximum atomic E-state index is 6.15. The number of benzene rings is 2. The van der Waals surface area contributed by atoms with Crippen LogP contribution >= 0.6 is 11.6 Å². The van der Waals surface area contributed by atoms with Gasteiger partial charge in [0.05, 0.1) is 0 Å². The molecule has 1 aliphatic rings. The van der Waals surface area contributed by atoms with Crippen molar-refractivity contribution in [2.75, 3.05) is 7.05 Å². The minimum absolute atomic E-state index is 0.0849. The number of halogens is 1. The minimum Gasteiger partial charge on any atom is -0.485 e. The highest BCUT2D eigenvalue weighted by Crippen LogP contribution is 2.41. The molecule has 0 saturated carbocycles. The lowest BCUT2D eigenvalue weighted by atomic mass is 9.93.